The summed E-state index contributed by atoms with van der Waals surface area (Å²) >= 11 is 0. The Hall–Kier alpha value is -2.15. The van der Waals surface area contributed by atoms with Crippen LogP contribution in [0.15, 0.2) is 30.5 Å². The average molecular weight is 375 g/mol. The molecule has 2 heterocycles. The summed E-state index contributed by atoms with van der Waals surface area (Å²) in [6.07, 6.45) is 4.21. The van der Waals surface area contributed by atoms with E-state index in [0.29, 0.717) is 12.4 Å². The van der Waals surface area contributed by atoms with Crippen LogP contribution < -0.4 is 10.2 Å². The molecule has 1 atom stereocenters. The third-order valence-electron chi connectivity index (χ3n) is 4.99. The second kappa shape index (κ2) is 7.61. The molecule has 0 saturated carbocycles. The fourth-order valence-electron chi connectivity index (χ4n) is 3.39. The first-order chi connectivity index (χ1) is 12.4. The fourth-order valence-corrected chi connectivity index (χ4v) is 5.16. The highest BCUT2D eigenvalue weighted by Crippen LogP contribution is 2.27. The number of anilines is 3. The van der Waals surface area contributed by atoms with E-state index in [4.69, 9.17) is 0 Å². The Labute approximate surface area is 155 Å². The highest BCUT2D eigenvalue weighted by atomic mass is 32.2. The molecule has 0 radical (unpaired) electrons. The molecule has 1 N–H and O–H groups in total. The lowest BCUT2D eigenvalue weighted by Crippen LogP contribution is -2.33. The zero-order valence-electron chi connectivity index (χ0n) is 15.6. The van der Waals surface area contributed by atoms with E-state index in [-0.39, 0.29) is 17.5 Å². The van der Waals surface area contributed by atoms with Crippen LogP contribution in [-0.2, 0) is 22.7 Å². The van der Waals surface area contributed by atoms with Gasteiger partial charge in [-0.3, -0.25) is 0 Å². The molecule has 0 aliphatic carbocycles. The summed E-state index contributed by atoms with van der Waals surface area (Å²) in [5.41, 5.74) is 3.53. The van der Waals surface area contributed by atoms with Gasteiger partial charge in [-0.15, -0.1) is 0 Å². The van der Waals surface area contributed by atoms with Gasteiger partial charge < -0.3 is 10.2 Å². The van der Waals surface area contributed by atoms with Crippen molar-refractivity contribution in [1.29, 1.82) is 0 Å². The maximum atomic E-state index is 11.8. The van der Waals surface area contributed by atoms with E-state index in [1.165, 1.54) is 11.1 Å². The van der Waals surface area contributed by atoms with Crippen molar-refractivity contribution in [2.45, 2.75) is 39.2 Å². The summed E-state index contributed by atoms with van der Waals surface area (Å²) < 4.78 is 23.5. The molecule has 0 bridgehead atoms. The summed E-state index contributed by atoms with van der Waals surface area (Å²) in [6.45, 7) is 4.26. The monoisotopic (exact) mass is 374 g/mol. The van der Waals surface area contributed by atoms with Crippen LogP contribution >= 0.6 is 0 Å². The Balaban J connectivity index is 1.85. The first-order valence-electron chi connectivity index (χ1n) is 9.07. The molecule has 0 amide bonds. The average Bonchev–Trinajstić information content (AvgIpc) is 3.01. The van der Waals surface area contributed by atoms with Crippen LogP contribution in [0.25, 0.3) is 0 Å². The van der Waals surface area contributed by atoms with Crippen molar-refractivity contribution in [3.8, 4) is 0 Å². The molecule has 7 heteroatoms. The Kier molecular flexibility index (Phi) is 5.46. The molecule has 6 nitrogen and oxygen atoms in total. The SMILES string of the molecule is CCc1cccc(CC)c1Nc1nccc(N(C)C2CCS(=O)(=O)C2)n1. The van der Waals surface area contributed by atoms with Crippen molar-refractivity contribution >= 4 is 27.3 Å². The molecule has 0 spiro atoms. The van der Waals surface area contributed by atoms with Crippen molar-refractivity contribution in [2.75, 3.05) is 28.8 Å². The molecule has 140 valence electrons. The Morgan fingerprint density at radius 3 is 2.46 bits per heavy atom. The second-order valence-corrected chi connectivity index (χ2v) is 8.92. The number of nitrogens with zero attached hydrogens (tertiary/aromatic N) is 3. The van der Waals surface area contributed by atoms with Gasteiger partial charge in [-0.1, -0.05) is 32.0 Å². The predicted molar refractivity (Wildman–Crippen MR) is 106 cm³/mol. The molecule has 26 heavy (non-hydrogen) atoms. The van der Waals surface area contributed by atoms with E-state index in [0.717, 1.165) is 24.3 Å². The Bertz CT molecular complexity index is 861. The number of aromatic nitrogens is 2. The number of hydrogen-bond donors (Lipinski definition) is 1. The van der Waals surface area contributed by atoms with Gasteiger partial charge in [-0.25, -0.2) is 13.4 Å². The van der Waals surface area contributed by atoms with E-state index >= 15 is 0 Å². The fraction of sp³-hybridized carbons (Fsp3) is 0.474. The molecule has 2 aromatic rings. The second-order valence-electron chi connectivity index (χ2n) is 6.69. The number of sulfone groups is 1. The van der Waals surface area contributed by atoms with Gasteiger partial charge in [-0.05, 0) is 36.5 Å². The third kappa shape index (κ3) is 3.98. The third-order valence-corrected chi connectivity index (χ3v) is 6.74. The van der Waals surface area contributed by atoms with Crippen LogP contribution in [0.4, 0.5) is 17.5 Å². The van der Waals surface area contributed by atoms with Crippen LogP contribution in [0.3, 0.4) is 0 Å². The zero-order valence-corrected chi connectivity index (χ0v) is 16.4. The van der Waals surface area contributed by atoms with Gasteiger partial charge in [0, 0.05) is 25.0 Å². The Morgan fingerprint density at radius 2 is 1.88 bits per heavy atom. The first-order valence-corrected chi connectivity index (χ1v) is 10.9. The van der Waals surface area contributed by atoms with Crippen LogP contribution in [-0.4, -0.2) is 43.0 Å². The molecular weight excluding hydrogens is 348 g/mol. The normalized spacial score (nSPS) is 18.7. The molecule has 1 aromatic carbocycles. The van der Waals surface area contributed by atoms with Gasteiger partial charge in [-0.2, -0.15) is 4.98 Å². The number of benzene rings is 1. The van der Waals surface area contributed by atoms with Crippen molar-refractivity contribution in [2.24, 2.45) is 0 Å². The van der Waals surface area contributed by atoms with Crippen molar-refractivity contribution in [3.05, 3.63) is 41.6 Å². The maximum Gasteiger partial charge on any atom is 0.229 e. The minimum atomic E-state index is -2.93. The highest BCUT2D eigenvalue weighted by Gasteiger charge is 2.31. The van der Waals surface area contributed by atoms with E-state index in [2.05, 4.69) is 47.3 Å². The number of aryl methyl sites for hydroxylation is 2. The largest absolute Gasteiger partial charge is 0.355 e. The lowest BCUT2D eigenvalue weighted by Gasteiger charge is -2.24. The number of hydrogen-bond acceptors (Lipinski definition) is 6. The summed E-state index contributed by atoms with van der Waals surface area (Å²) in [6, 6.07) is 8.09. The lowest BCUT2D eigenvalue weighted by molar-refractivity contribution is 0.600. The number of nitrogens with one attached hydrogen (secondary N) is 1. The quantitative estimate of drug-likeness (QED) is 0.838. The van der Waals surface area contributed by atoms with E-state index in [9.17, 15) is 8.42 Å². The summed E-state index contributed by atoms with van der Waals surface area (Å²) in [5, 5.41) is 3.38. The molecular formula is C19H26N4O2S. The Morgan fingerprint density at radius 1 is 1.19 bits per heavy atom. The van der Waals surface area contributed by atoms with Gasteiger partial charge in [0.2, 0.25) is 5.95 Å². The van der Waals surface area contributed by atoms with E-state index in [1.54, 1.807) is 6.20 Å². The number of para-hydroxylation sites is 1. The maximum absolute atomic E-state index is 11.8. The molecule has 1 aliphatic heterocycles. The predicted octanol–water partition coefficient (Wildman–Crippen LogP) is 2.97. The van der Waals surface area contributed by atoms with Gasteiger partial charge >= 0.3 is 0 Å². The molecule has 3 rings (SSSR count). The van der Waals surface area contributed by atoms with Gasteiger partial charge in [0.25, 0.3) is 0 Å². The summed E-state index contributed by atoms with van der Waals surface area (Å²) in [7, 11) is -1.03. The van der Waals surface area contributed by atoms with Gasteiger partial charge in [0.1, 0.15) is 5.82 Å². The van der Waals surface area contributed by atoms with Crippen LogP contribution in [0.5, 0.6) is 0 Å². The topological polar surface area (TPSA) is 75.2 Å². The highest BCUT2D eigenvalue weighted by molar-refractivity contribution is 7.91. The van der Waals surface area contributed by atoms with Crippen LogP contribution in [0.1, 0.15) is 31.4 Å². The van der Waals surface area contributed by atoms with Crippen molar-refractivity contribution in [1.82, 2.24) is 9.97 Å². The van der Waals surface area contributed by atoms with Crippen molar-refractivity contribution in [3.63, 3.8) is 0 Å². The van der Waals surface area contributed by atoms with Crippen LogP contribution in [0.2, 0.25) is 0 Å². The minimum Gasteiger partial charge on any atom is -0.355 e. The molecule has 1 aromatic heterocycles. The number of rotatable bonds is 6. The zero-order chi connectivity index (χ0) is 18.7. The summed E-state index contributed by atoms with van der Waals surface area (Å²) in [4.78, 5) is 10.9. The van der Waals surface area contributed by atoms with Gasteiger partial charge in [0.15, 0.2) is 9.84 Å². The standard InChI is InChI=1S/C19H26N4O2S/c1-4-14-7-6-8-15(5-2)18(14)22-19-20-11-9-17(21-19)23(3)16-10-12-26(24,25)13-16/h6-9,11,16H,4-5,10,12-13H2,1-3H3,(H,20,21,22). The molecule has 1 fully saturated rings. The first kappa shape index (κ1) is 18.6. The van der Waals surface area contributed by atoms with Gasteiger partial charge in [0.05, 0.1) is 11.5 Å². The molecule has 1 aliphatic rings. The molecule has 1 unspecified atom stereocenters. The van der Waals surface area contributed by atoms with Crippen molar-refractivity contribution < 1.29 is 8.42 Å². The summed E-state index contributed by atoms with van der Waals surface area (Å²) in [5.74, 6) is 1.71. The van der Waals surface area contributed by atoms with E-state index < -0.39 is 9.84 Å². The van der Waals surface area contributed by atoms with Crippen LogP contribution in [0, 0.1) is 0 Å². The molecule has 1 saturated heterocycles. The smallest absolute Gasteiger partial charge is 0.229 e. The lowest BCUT2D eigenvalue weighted by atomic mass is 10.0. The minimum absolute atomic E-state index is 0.0307. The van der Waals surface area contributed by atoms with E-state index in [1.807, 2.05) is 18.0 Å².